The number of halogens is 1. The van der Waals surface area contributed by atoms with Gasteiger partial charge in [0.1, 0.15) is 0 Å². The van der Waals surface area contributed by atoms with Gasteiger partial charge in [-0.15, -0.1) is 0 Å². The Bertz CT molecular complexity index is 666. The molecular weight excluding hydrogens is 296 g/mol. The van der Waals surface area contributed by atoms with Crippen LogP contribution in [-0.2, 0) is 4.79 Å². The predicted molar refractivity (Wildman–Crippen MR) is 82.0 cm³/mol. The molecule has 0 spiro atoms. The van der Waals surface area contributed by atoms with E-state index in [1.165, 1.54) is 18.2 Å². The van der Waals surface area contributed by atoms with Crippen molar-refractivity contribution in [2.24, 2.45) is 5.73 Å². The molecule has 0 unspecified atom stereocenters. The molecule has 0 radical (unpaired) electrons. The number of primary amides is 1. The van der Waals surface area contributed by atoms with Crippen molar-refractivity contribution in [1.29, 1.82) is 0 Å². The summed E-state index contributed by atoms with van der Waals surface area (Å²) in [7, 11) is 0. The number of benzene rings is 1. The van der Waals surface area contributed by atoms with E-state index in [4.69, 9.17) is 17.3 Å². The minimum Gasteiger partial charge on any atom is -0.366 e. The van der Waals surface area contributed by atoms with Crippen LogP contribution in [0.25, 0.3) is 6.08 Å². The summed E-state index contributed by atoms with van der Waals surface area (Å²) in [4.78, 5) is 22.9. The Morgan fingerprint density at radius 3 is 2.75 bits per heavy atom. The second-order valence-corrected chi connectivity index (χ2v) is 5.13. The maximum absolute atomic E-state index is 11.7. The second-order valence-electron chi connectivity index (χ2n) is 3.94. The van der Waals surface area contributed by atoms with Crippen LogP contribution in [0, 0.1) is 0 Å². The third-order valence-electron chi connectivity index (χ3n) is 2.47. The fourth-order valence-electron chi connectivity index (χ4n) is 1.52. The van der Waals surface area contributed by atoms with Crippen molar-refractivity contribution in [2.75, 3.05) is 5.32 Å². The van der Waals surface area contributed by atoms with Crippen molar-refractivity contribution in [3.63, 3.8) is 0 Å². The molecule has 2 rings (SSSR count). The first-order chi connectivity index (χ1) is 9.56. The zero-order valence-corrected chi connectivity index (χ0v) is 11.9. The number of anilines is 1. The third kappa shape index (κ3) is 3.69. The summed E-state index contributed by atoms with van der Waals surface area (Å²) in [5, 5.41) is 6.75. The number of hydrogen-bond donors (Lipinski definition) is 2. The van der Waals surface area contributed by atoms with Crippen molar-refractivity contribution in [3.8, 4) is 0 Å². The number of amides is 2. The summed E-state index contributed by atoms with van der Waals surface area (Å²) < 4.78 is 0. The van der Waals surface area contributed by atoms with E-state index < -0.39 is 5.91 Å². The Labute approximate surface area is 124 Å². The normalized spacial score (nSPS) is 10.7. The predicted octanol–water partition coefficient (Wildman–Crippen LogP) is 3.15. The SMILES string of the molecule is NC(=O)c1cc(NC(=O)/C=C/c2ccsc2)ccc1Cl. The lowest BCUT2D eigenvalue weighted by Crippen LogP contribution is -2.13. The van der Waals surface area contributed by atoms with Crippen LogP contribution in [0.5, 0.6) is 0 Å². The van der Waals surface area contributed by atoms with Crippen molar-refractivity contribution in [3.05, 3.63) is 57.3 Å². The quantitative estimate of drug-likeness (QED) is 0.852. The Morgan fingerprint density at radius 1 is 1.30 bits per heavy atom. The van der Waals surface area contributed by atoms with E-state index in [9.17, 15) is 9.59 Å². The van der Waals surface area contributed by atoms with Gasteiger partial charge in [-0.3, -0.25) is 9.59 Å². The van der Waals surface area contributed by atoms with E-state index in [2.05, 4.69) is 5.32 Å². The minimum absolute atomic E-state index is 0.172. The molecule has 2 amide bonds. The van der Waals surface area contributed by atoms with Gasteiger partial charge in [-0.05, 0) is 46.7 Å². The van der Waals surface area contributed by atoms with Crippen LogP contribution in [0.15, 0.2) is 41.1 Å². The Kier molecular flexibility index (Phi) is 4.55. The van der Waals surface area contributed by atoms with E-state index >= 15 is 0 Å². The number of rotatable bonds is 4. The Morgan fingerprint density at radius 2 is 2.10 bits per heavy atom. The van der Waals surface area contributed by atoms with E-state index in [0.29, 0.717) is 5.69 Å². The van der Waals surface area contributed by atoms with Crippen LogP contribution >= 0.6 is 22.9 Å². The summed E-state index contributed by atoms with van der Waals surface area (Å²) in [6.07, 6.45) is 3.12. The zero-order chi connectivity index (χ0) is 14.5. The molecule has 3 N–H and O–H groups in total. The lowest BCUT2D eigenvalue weighted by molar-refractivity contribution is -0.111. The molecule has 6 heteroatoms. The molecule has 1 aromatic carbocycles. The fourth-order valence-corrected chi connectivity index (χ4v) is 2.36. The van der Waals surface area contributed by atoms with Crippen LogP contribution in [0.4, 0.5) is 5.69 Å². The van der Waals surface area contributed by atoms with Gasteiger partial charge in [-0.2, -0.15) is 11.3 Å². The molecule has 20 heavy (non-hydrogen) atoms. The van der Waals surface area contributed by atoms with Crippen LogP contribution in [0.2, 0.25) is 5.02 Å². The highest BCUT2D eigenvalue weighted by atomic mass is 35.5. The minimum atomic E-state index is -0.639. The highest BCUT2D eigenvalue weighted by molar-refractivity contribution is 7.08. The first kappa shape index (κ1) is 14.3. The average molecular weight is 307 g/mol. The van der Waals surface area contributed by atoms with E-state index in [1.807, 2.05) is 16.8 Å². The first-order valence-corrected chi connectivity index (χ1v) is 6.99. The van der Waals surface area contributed by atoms with Gasteiger partial charge in [0.25, 0.3) is 0 Å². The van der Waals surface area contributed by atoms with Crippen molar-refractivity contribution in [2.45, 2.75) is 0 Å². The Hall–Kier alpha value is -2.11. The maximum atomic E-state index is 11.7. The molecule has 0 aliphatic carbocycles. The first-order valence-electron chi connectivity index (χ1n) is 5.67. The lowest BCUT2D eigenvalue weighted by Gasteiger charge is -2.05. The molecular formula is C14H11ClN2O2S. The van der Waals surface area contributed by atoms with E-state index in [-0.39, 0.29) is 16.5 Å². The molecule has 102 valence electrons. The summed E-state index contributed by atoms with van der Waals surface area (Å²) in [5.74, 6) is -0.936. The summed E-state index contributed by atoms with van der Waals surface area (Å²) in [5.41, 5.74) is 6.78. The van der Waals surface area contributed by atoms with E-state index in [0.717, 1.165) is 5.56 Å². The topological polar surface area (TPSA) is 72.2 Å². The largest absolute Gasteiger partial charge is 0.366 e. The zero-order valence-electron chi connectivity index (χ0n) is 10.3. The molecule has 1 aromatic heterocycles. The summed E-state index contributed by atoms with van der Waals surface area (Å²) in [6.45, 7) is 0. The molecule has 0 saturated carbocycles. The molecule has 0 aliphatic rings. The van der Waals surface area contributed by atoms with Gasteiger partial charge in [-0.1, -0.05) is 11.6 Å². The van der Waals surface area contributed by atoms with Crippen LogP contribution in [-0.4, -0.2) is 11.8 Å². The van der Waals surface area contributed by atoms with Crippen molar-refractivity contribution < 1.29 is 9.59 Å². The number of nitrogens with two attached hydrogens (primary N) is 1. The van der Waals surface area contributed by atoms with Gasteiger partial charge in [0.05, 0.1) is 10.6 Å². The second kappa shape index (κ2) is 6.36. The highest BCUT2D eigenvalue weighted by Gasteiger charge is 2.08. The molecule has 0 aliphatic heterocycles. The summed E-state index contributed by atoms with van der Waals surface area (Å²) in [6, 6.07) is 6.47. The summed E-state index contributed by atoms with van der Waals surface area (Å²) >= 11 is 7.38. The van der Waals surface area contributed by atoms with Gasteiger partial charge >= 0.3 is 0 Å². The number of nitrogens with one attached hydrogen (secondary N) is 1. The van der Waals surface area contributed by atoms with Gasteiger partial charge in [0.15, 0.2) is 0 Å². The fraction of sp³-hybridized carbons (Fsp3) is 0. The highest BCUT2D eigenvalue weighted by Crippen LogP contribution is 2.20. The van der Waals surface area contributed by atoms with Crippen molar-refractivity contribution >= 4 is 46.5 Å². The lowest BCUT2D eigenvalue weighted by atomic mass is 10.2. The maximum Gasteiger partial charge on any atom is 0.250 e. The van der Waals surface area contributed by atoms with Gasteiger partial charge in [0.2, 0.25) is 11.8 Å². The Balaban J connectivity index is 2.08. The molecule has 0 atom stereocenters. The van der Waals surface area contributed by atoms with Gasteiger partial charge in [0, 0.05) is 11.8 Å². The average Bonchev–Trinajstić information content (AvgIpc) is 2.91. The molecule has 0 saturated heterocycles. The standard InChI is InChI=1S/C14H11ClN2O2S/c15-12-3-2-10(7-11(12)14(16)19)17-13(18)4-1-9-5-6-20-8-9/h1-8H,(H2,16,19)(H,17,18)/b4-1+. The molecule has 2 aromatic rings. The molecule has 4 nitrogen and oxygen atoms in total. The molecule has 0 bridgehead atoms. The van der Waals surface area contributed by atoms with Crippen molar-refractivity contribution in [1.82, 2.24) is 0 Å². The number of carbonyl (C=O) groups excluding carboxylic acids is 2. The number of hydrogen-bond acceptors (Lipinski definition) is 3. The molecule has 1 heterocycles. The van der Waals surface area contributed by atoms with Gasteiger partial charge < -0.3 is 11.1 Å². The van der Waals surface area contributed by atoms with Crippen LogP contribution in [0.3, 0.4) is 0 Å². The third-order valence-corrected chi connectivity index (χ3v) is 3.50. The van der Waals surface area contributed by atoms with Crippen LogP contribution in [0.1, 0.15) is 15.9 Å². The van der Waals surface area contributed by atoms with E-state index in [1.54, 1.807) is 23.5 Å². The number of thiophene rings is 1. The van der Waals surface area contributed by atoms with Gasteiger partial charge in [-0.25, -0.2) is 0 Å². The number of carbonyl (C=O) groups is 2. The monoisotopic (exact) mass is 306 g/mol. The van der Waals surface area contributed by atoms with Crippen LogP contribution < -0.4 is 11.1 Å². The smallest absolute Gasteiger partial charge is 0.250 e. The molecule has 0 fully saturated rings.